The van der Waals surface area contributed by atoms with E-state index in [9.17, 15) is 14.7 Å². The lowest BCUT2D eigenvalue weighted by molar-refractivity contribution is -0.0933. The van der Waals surface area contributed by atoms with Gasteiger partial charge in [-0.15, -0.1) is 6.58 Å². The van der Waals surface area contributed by atoms with Crippen molar-refractivity contribution in [2.24, 2.45) is 0 Å². The summed E-state index contributed by atoms with van der Waals surface area (Å²) in [5, 5.41) is 20.5. The fourth-order valence-electron chi connectivity index (χ4n) is 2.61. The predicted octanol–water partition coefficient (Wildman–Crippen LogP) is 1.33. The molecule has 0 aromatic carbocycles. The van der Waals surface area contributed by atoms with Crippen LogP contribution in [0.1, 0.15) is 19.3 Å². The van der Waals surface area contributed by atoms with Crippen LogP contribution in [-0.2, 0) is 9.47 Å². The molecule has 0 aromatic rings. The summed E-state index contributed by atoms with van der Waals surface area (Å²) >= 11 is 0. The standard InChI is InChI=1S/C13H22N2O6/c1-3-4-15(13(18)19)10-5-9(14-12(16)17)6-11(7-10)21-8-20-2/h3,9-11,14H,1,4-8H2,2H3,(H,16,17)(H,18,19)/t9-,10+,11-/m0/s1. The molecule has 3 atom stereocenters. The molecule has 1 fully saturated rings. The first-order chi connectivity index (χ1) is 9.97. The summed E-state index contributed by atoms with van der Waals surface area (Å²) in [7, 11) is 1.49. The van der Waals surface area contributed by atoms with E-state index in [2.05, 4.69) is 11.9 Å². The zero-order valence-corrected chi connectivity index (χ0v) is 12.0. The third kappa shape index (κ3) is 5.60. The van der Waals surface area contributed by atoms with Crippen LogP contribution in [0.5, 0.6) is 0 Å². The van der Waals surface area contributed by atoms with Gasteiger partial charge in [0.25, 0.3) is 0 Å². The van der Waals surface area contributed by atoms with Crippen molar-refractivity contribution in [3.63, 3.8) is 0 Å². The number of methoxy groups -OCH3 is 1. The Kier molecular flexibility index (Phi) is 6.97. The Morgan fingerprint density at radius 2 is 2.10 bits per heavy atom. The van der Waals surface area contributed by atoms with Crippen LogP contribution in [0.25, 0.3) is 0 Å². The van der Waals surface area contributed by atoms with E-state index in [4.69, 9.17) is 14.6 Å². The average molecular weight is 302 g/mol. The Balaban J connectivity index is 2.77. The Morgan fingerprint density at radius 1 is 1.38 bits per heavy atom. The van der Waals surface area contributed by atoms with Crippen LogP contribution >= 0.6 is 0 Å². The average Bonchev–Trinajstić information content (AvgIpc) is 2.41. The number of carboxylic acid groups (broad SMARTS) is 2. The second-order valence-corrected chi connectivity index (χ2v) is 4.93. The van der Waals surface area contributed by atoms with E-state index in [0.717, 1.165) is 0 Å². The molecule has 1 aliphatic carbocycles. The molecule has 0 heterocycles. The van der Waals surface area contributed by atoms with Gasteiger partial charge in [-0.05, 0) is 19.3 Å². The summed E-state index contributed by atoms with van der Waals surface area (Å²) < 4.78 is 10.3. The van der Waals surface area contributed by atoms with E-state index in [1.54, 1.807) is 0 Å². The summed E-state index contributed by atoms with van der Waals surface area (Å²) in [5.41, 5.74) is 0. The third-order valence-electron chi connectivity index (χ3n) is 3.40. The summed E-state index contributed by atoms with van der Waals surface area (Å²) in [6.45, 7) is 3.83. The summed E-state index contributed by atoms with van der Waals surface area (Å²) in [6.07, 6.45) is 0.479. The van der Waals surface area contributed by atoms with Crippen LogP contribution in [0.2, 0.25) is 0 Å². The van der Waals surface area contributed by atoms with Crippen molar-refractivity contribution in [1.29, 1.82) is 0 Å². The predicted molar refractivity (Wildman–Crippen MR) is 74.3 cm³/mol. The number of carbonyl (C=O) groups is 2. The van der Waals surface area contributed by atoms with E-state index >= 15 is 0 Å². The minimum Gasteiger partial charge on any atom is -0.465 e. The number of nitrogens with zero attached hydrogens (tertiary/aromatic N) is 1. The van der Waals surface area contributed by atoms with Gasteiger partial charge in [-0.2, -0.15) is 0 Å². The van der Waals surface area contributed by atoms with Gasteiger partial charge in [0.2, 0.25) is 0 Å². The summed E-state index contributed by atoms with van der Waals surface area (Å²) in [6, 6.07) is -0.678. The lowest BCUT2D eigenvalue weighted by Crippen LogP contribution is -2.51. The maximum atomic E-state index is 11.3. The highest BCUT2D eigenvalue weighted by molar-refractivity contribution is 5.66. The third-order valence-corrected chi connectivity index (χ3v) is 3.40. The van der Waals surface area contributed by atoms with Gasteiger partial charge in [0.05, 0.1) is 6.10 Å². The highest BCUT2D eigenvalue weighted by atomic mass is 16.7. The Bertz CT molecular complexity index is 376. The van der Waals surface area contributed by atoms with Crippen molar-refractivity contribution in [2.75, 3.05) is 20.4 Å². The van der Waals surface area contributed by atoms with Gasteiger partial charge in [0.15, 0.2) is 0 Å². The number of nitrogens with one attached hydrogen (secondary N) is 1. The SMILES string of the molecule is C=CCN(C(=O)O)[C@@H]1C[C@H](NC(=O)O)C[C@H](OCOC)C1. The Hall–Kier alpha value is -1.80. The van der Waals surface area contributed by atoms with Crippen LogP contribution < -0.4 is 5.32 Å². The topological polar surface area (TPSA) is 108 Å². The zero-order valence-electron chi connectivity index (χ0n) is 12.0. The molecule has 0 bridgehead atoms. The van der Waals surface area contributed by atoms with E-state index in [1.807, 2.05) is 0 Å². The zero-order chi connectivity index (χ0) is 15.8. The fraction of sp³-hybridized carbons (Fsp3) is 0.692. The maximum absolute atomic E-state index is 11.3. The largest absolute Gasteiger partial charge is 0.465 e. The second kappa shape index (κ2) is 8.48. The van der Waals surface area contributed by atoms with Crippen molar-refractivity contribution in [3.8, 4) is 0 Å². The highest BCUT2D eigenvalue weighted by Gasteiger charge is 2.35. The molecular formula is C13H22N2O6. The first-order valence-electron chi connectivity index (χ1n) is 6.68. The van der Waals surface area contributed by atoms with Crippen LogP contribution in [0.15, 0.2) is 12.7 Å². The van der Waals surface area contributed by atoms with Crippen molar-refractivity contribution in [2.45, 2.75) is 37.5 Å². The van der Waals surface area contributed by atoms with E-state index in [1.165, 1.54) is 18.1 Å². The van der Waals surface area contributed by atoms with E-state index in [-0.39, 0.29) is 31.5 Å². The molecule has 21 heavy (non-hydrogen) atoms. The molecule has 0 aliphatic heterocycles. The van der Waals surface area contributed by atoms with Gasteiger partial charge in [-0.3, -0.25) is 0 Å². The molecule has 1 aliphatic rings. The number of amides is 2. The number of ether oxygens (including phenoxy) is 2. The highest BCUT2D eigenvalue weighted by Crippen LogP contribution is 2.26. The number of hydrogen-bond donors (Lipinski definition) is 3. The van der Waals surface area contributed by atoms with Gasteiger partial charge in [-0.25, -0.2) is 9.59 Å². The molecule has 1 saturated carbocycles. The lowest BCUT2D eigenvalue weighted by atomic mass is 9.87. The molecular weight excluding hydrogens is 280 g/mol. The molecule has 8 nitrogen and oxygen atoms in total. The second-order valence-electron chi connectivity index (χ2n) is 4.93. The minimum atomic E-state index is -1.13. The van der Waals surface area contributed by atoms with Crippen molar-refractivity contribution in [1.82, 2.24) is 10.2 Å². The number of hydrogen-bond acceptors (Lipinski definition) is 4. The molecule has 0 spiro atoms. The summed E-state index contributed by atoms with van der Waals surface area (Å²) in [4.78, 5) is 23.4. The van der Waals surface area contributed by atoms with Crippen molar-refractivity contribution >= 4 is 12.2 Å². The molecule has 1 rings (SSSR count). The Morgan fingerprint density at radius 3 is 2.62 bits per heavy atom. The molecule has 0 aromatic heterocycles. The Labute approximate surface area is 123 Å². The summed E-state index contributed by atoms with van der Waals surface area (Å²) in [5.74, 6) is 0. The molecule has 3 N–H and O–H groups in total. The maximum Gasteiger partial charge on any atom is 0.407 e. The van der Waals surface area contributed by atoms with Gasteiger partial charge in [-0.1, -0.05) is 6.08 Å². The van der Waals surface area contributed by atoms with E-state index < -0.39 is 12.2 Å². The van der Waals surface area contributed by atoms with Gasteiger partial charge in [0.1, 0.15) is 6.79 Å². The van der Waals surface area contributed by atoms with Gasteiger partial charge < -0.3 is 29.9 Å². The molecule has 8 heteroatoms. The fourth-order valence-corrected chi connectivity index (χ4v) is 2.61. The first-order valence-corrected chi connectivity index (χ1v) is 6.68. The van der Waals surface area contributed by atoms with Crippen LogP contribution in [-0.4, -0.2) is 65.9 Å². The monoisotopic (exact) mass is 302 g/mol. The van der Waals surface area contributed by atoms with Crippen LogP contribution in [0.3, 0.4) is 0 Å². The molecule has 0 radical (unpaired) electrons. The van der Waals surface area contributed by atoms with Gasteiger partial charge >= 0.3 is 12.2 Å². The van der Waals surface area contributed by atoms with Crippen LogP contribution in [0, 0.1) is 0 Å². The smallest absolute Gasteiger partial charge is 0.407 e. The number of rotatable bonds is 7. The molecule has 0 unspecified atom stereocenters. The lowest BCUT2D eigenvalue weighted by Gasteiger charge is -2.39. The van der Waals surface area contributed by atoms with Gasteiger partial charge in [0, 0.05) is 25.7 Å². The molecule has 0 saturated heterocycles. The van der Waals surface area contributed by atoms with Crippen molar-refractivity contribution < 1.29 is 29.3 Å². The quantitative estimate of drug-likeness (QED) is 0.483. The van der Waals surface area contributed by atoms with Crippen LogP contribution in [0.4, 0.5) is 9.59 Å². The molecule has 120 valence electrons. The van der Waals surface area contributed by atoms with E-state index in [0.29, 0.717) is 19.3 Å². The first kappa shape index (κ1) is 17.3. The van der Waals surface area contributed by atoms with Crippen molar-refractivity contribution in [3.05, 3.63) is 12.7 Å². The normalized spacial score (nSPS) is 25.1. The minimum absolute atomic E-state index is 0.0890. The molecule has 2 amide bonds.